The normalized spacial score (nSPS) is 11.9. The van der Waals surface area contributed by atoms with Gasteiger partial charge in [0.15, 0.2) is 0 Å². The molecule has 78 valence electrons. The maximum absolute atomic E-state index is 13.5. The summed E-state index contributed by atoms with van der Waals surface area (Å²) in [5.41, 5.74) is 0.977. The molecule has 0 amide bonds. The lowest BCUT2D eigenvalue weighted by Gasteiger charge is -2.24. The van der Waals surface area contributed by atoms with E-state index in [1.807, 2.05) is 19.9 Å². The maximum atomic E-state index is 13.5. The topological polar surface area (TPSA) is 20.2 Å². The molecular formula is C11H14BrFO. The largest absolute Gasteiger partial charge is 0.395 e. The molecule has 0 aliphatic carbocycles. The summed E-state index contributed by atoms with van der Waals surface area (Å²) in [4.78, 5) is 0. The van der Waals surface area contributed by atoms with E-state index in [9.17, 15) is 9.50 Å². The van der Waals surface area contributed by atoms with Crippen molar-refractivity contribution in [2.45, 2.75) is 26.2 Å². The van der Waals surface area contributed by atoms with Gasteiger partial charge < -0.3 is 5.11 Å². The Morgan fingerprint density at radius 1 is 1.43 bits per heavy atom. The standard InChI is InChI=1S/C11H14BrFO/c1-7-4-5-8(9(12)10(7)13)11(2,3)6-14/h4-5,14H,6H2,1-3H3. The molecule has 0 fully saturated rings. The molecule has 1 nitrogen and oxygen atoms in total. The zero-order valence-corrected chi connectivity index (χ0v) is 10.2. The van der Waals surface area contributed by atoms with Gasteiger partial charge in [0.25, 0.3) is 0 Å². The SMILES string of the molecule is Cc1ccc(C(C)(C)CO)c(Br)c1F. The number of hydrogen-bond donors (Lipinski definition) is 1. The van der Waals surface area contributed by atoms with Gasteiger partial charge in [0, 0.05) is 5.41 Å². The van der Waals surface area contributed by atoms with E-state index < -0.39 is 5.41 Å². The van der Waals surface area contributed by atoms with E-state index in [0.717, 1.165) is 5.56 Å². The zero-order valence-electron chi connectivity index (χ0n) is 8.56. The molecule has 0 saturated heterocycles. The van der Waals surface area contributed by atoms with Crippen LogP contribution in [0.5, 0.6) is 0 Å². The monoisotopic (exact) mass is 260 g/mol. The molecule has 3 heteroatoms. The van der Waals surface area contributed by atoms with Crippen molar-refractivity contribution < 1.29 is 9.50 Å². The summed E-state index contributed by atoms with van der Waals surface area (Å²) in [6, 6.07) is 3.57. The Morgan fingerprint density at radius 2 is 2.00 bits per heavy atom. The first-order chi connectivity index (χ1) is 6.40. The van der Waals surface area contributed by atoms with Gasteiger partial charge >= 0.3 is 0 Å². The second-order valence-electron chi connectivity index (χ2n) is 4.10. The zero-order chi connectivity index (χ0) is 10.9. The summed E-state index contributed by atoms with van der Waals surface area (Å²) in [5, 5.41) is 9.19. The van der Waals surface area contributed by atoms with Crippen molar-refractivity contribution in [2.75, 3.05) is 6.61 Å². The van der Waals surface area contributed by atoms with Crippen molar-refractivity contribution in [1.29, 1.82) is 0 Å². The molecule has 0 saturated carbocycles. The van der Waals surface area contributed by atoms with Gasteiger partial charge in [-0.2, -0.15) is 0 Å². The molecule has 0 unspecified atom stereocenters. The van der Waals surface area contributed by atoms with Crippen LogP contribution in [-0.2, 0) is 5.41 Å². The Bertz CT molecular complexity index is 347. The third-order valence-electron chi connectivity index (χ3n) is 2.40. The first-order valence-corrected chi connectivity index (χ1v) is 5.25. The Morgan fingerprint density at radius 3 is 2.50 bits per heavy atom. The minimum absolute atomic E-state index is 0.00585. The molecule has 0 heterocycles. The Labute approximate surface area is 92.1 Å². The van der Waals surface area contributed by atoms with E-state index >= 15 is 0 Å². The van der Waals surface area contributed by atoms with Gasteiger partial charge in [-0.3, -0.25) is 0 Å². The third kappa shape index (κ3) is 1.98. The average Bonchev–Trinajstić information content (AvgIpc) is 2.14. The van der Waals surface area contributed by atoms with Crippen LogP contribution in [0, 0.1) is 12.7 Å². The van der Waals surface area contributed by atoms with Gasteiger partial charge in [-0.25, -0.2) is 4.39 Å². The van der Waals surface area contributed by atoms with Crippen LogP contribution >= 0.6 is 15.9 Å². The van der Waals surface area contributed by atoms with Crippen LogP contribution in [0.25, 0.3) is 0 Å². The highest BCUT2D eigenvalue weighted by atomic mass is 79.9. The van der Waals surface area contributed by atoms with Gasteiger partial charge in [-0.05, 0) is 34.0 Å². The van der Waals surface area contributed by atoms with E-state index in [-0.39, 0.29) is 12.4 Å². The highest BCUT2D eigenvalue weighted by molar-refractivity contribution is 9.10. The van der Waals surface area contributed by atoms with Crippen molar-refractivity contribution in [3.8, 4) is 0 Å². The molecule has 14 heavy (non-hydrogen) atoms. The molecule has 1 N–H and O–H groups in total. The number of hydrogen-bond acceptors (Lipinski definition) is 1. The number of halogens is 2. The minimum atomic E-state index is -0.423. The molecule has 0 aliphatic rings. The summed E-state index contributed by atoms with van der Waals surface area (Å²) < 4.78 is 14.0. The van der Waals surface area contributed by atoms with Crippen LogP contribution in [0.2, 0.25) is 0 Å². The molecule has 0 aliphatic heterocycles. The Kier molecular flexibility index (Phi) is 3.32. The smallest absolute Gasteiger partial charge is 0.140 e. The Balaban J connectivity index is 3.31. The van der Waals surface area contributed by atoms with E-state index in [2.05, 4.69) is 15.9 Å². The summed E-state index contributed by atoms with van der Waals surface area (Å²) >= 11 is 3.22. The fourth-order valence-electron chi connectivity index (χ4n) is 1.25. The van der Waals surface area contributed by atoms with Crippen molar-refractivity contribution >= 4 is 15.9 Å². The molecular weight excluding hydrogens is 247 g/mol. The van der Waals surface area contributed by atoms with Crippen LogP contribution in [0.15, 0.2) is 16.6 Å². The van der Waals surface area contributed by atoms with Gasteiger partial charge in [-0.15, -0.1) is 0 Å². The van der Waals surface area contributed by atoms with Crippen LogP contribution in [0.4, 0.5) is 4.39 Å². The van der Waals surface area contributed by atoms with E-state index in [1.165, 1.54) is 0 Å². The predicted molar refractivity (Wildman–Crippen MR) is 58.9 cm³/mol. The van der Waals surface area contributed by atoms with Gasteiger partial charge in [-0.1, -0.05) is 26.0 Å². The fourth-order valence-corrected chi connectivity index (χ4v) is 2.24. The van der Waals surface area contributed by atoms with E-state index in [0.29, 0.717) is 10.0 Å². The van der Waals surface area contributed by atoms with Crippen molar-refractivity contribution in [2.24, 2.45) is 0 Å². The lowest BCUT2D eigenvalue weighted by Crippen LogP contribution is -2.23. The van der Waals surface area contributed by atoms with E-state index in [4.69, 9.17) is 0 Å². The molecule has 1 aromatic carbocycles. The first-order valence-electron chi connectivity index (χ1n) is 4.46. The number of aryl methyl sites for hydroxylation is 1. The fraction of sp³-hybridized carbons (Fsp3) is 0.455. The van der Waals surface area contributed by atoms with Crippen LogP contribution in [0.3, 0.4) is 0 Å². The molecule has 0 aromatic heterocycles. The molecule has 0 bridgehead atoms. The summed E-state index contributed by atoms with van der Waals surface area (Å²) in [6.45, 7) is 5.47. The number of aliphatic hydroxyl groups excluding tert-OH is 1. The lowest BCUT2D eigenvalue weighted by atomic mass is 9.85. The minimum Gasteiger partial charge on any atom is -0.395 e. The molecule has 0 radical (unpaired) electrons. The number of rotatable bonds is 2. The molecule has 1 aromatic rings. The molecule has 1 rings (SSSR count). The highest BCUT2D eigenvalue weighted by Gasteiger charge is 2.24. The molecule has 0 atom stereocenters. The first kappa shape index (κ1) is 11.7. The average molecular weight is 261 g/mol. The maximum Gasteiger partial charge on any atom is 0.140 e. The second-order valence-corrected chi connectivity index (χ2v) is 4.89. The van der Waals surface area contributed by atoms with Gasteiger partial charge in [0.05, 0.1) is 11.1 Å². The predicted octanol–water partition coefficient (Wildman–Crippen LogP) is 3.17. The lowest BCUT2D eigenvalue weighted by molar-refractivity contribution is 0.217. The highest BCUT2D eigenvalue weighted by Crippen LogP contribution is 2.32. The second kappa shape index (κ2) is 3.99. The number of aliphatic hydroxyl groups is 1. The quantitative estimate of drug-likeness (QED) is 0.866. The van der Waals surface area contributed by atoms with Gasteiger partial charge in [0.2, 0.25) is 0 Å². The summed E-state index contributed by atoms with van der Waals surface area (Å²) in [5.74, 6) is -0.246. The Hall–Kier alpha value is -0.410. The van der Waals surface area contributed by atoms with E-state index in [1.54, 1.807) is 13.0 Å². The third-order valence-corrected chi connectivity index (χ3v) is 3.18. The number of benzene rings is 1. The molecule has 0 spiro atoms. The van der Waals surface area contributed by atoms with Gasteiger partial charge in [0.1, 0.15) is 5.82 Å². The summed E-state index contributed by atoms with van der Waals surface area (Å²) in [7, 11) is 0. The summed E-state index contributed by atoms with van der Waals surface area (Å²) in [6.07, 6.45) is 0. The van der Waals surface area contributed by atoms with Crippen LogP contribution in [-0.4, -0.2) is 11.7 Å². The van der Waals surface area contributed by atoms with Crippen molar-refractivity contribution in [1.82, 2.24) is 0 Å². The van der Waals surface area contributed by atoms with Crippen LogP contribution < -0.4 is 0 Å². The van der Waals surface area contributed by atoms with Crippen LogP contribution in [0.1, 0.15) is 25.0 Å². The van der Waals surface area contributed by atoms with Crippen molar-refractivity contribution in [3.05, 3.63) is 33.5 Å². The van der Waals surface area contributed by atoms with Crippen molar-refractivity contribution in [3.63, 3.8) is 0 Å².